The van der Waals surface area contributed by atoms with Crippen LogP contribution in [0.1, 0.15) is 18.2 Å². The van der Waals surface area contributed by atoms with Gasteiger partial charge in [-0.25, -0.2) is 4.98 Å². The Bertz CT molecular complexity index is 1010. The van der Waals surface area contributed by atoms with Gasteiger partial charge in [0.2, 0.25) is 5.91 Å². The molecule has 28 heavy (non-hydrogen) atoms. The predicted molar refractivity (Wildman–Crippen MR) is 98.7 cm³/mol. The van der Waals surface area contributed by atoms with Gasteiger partial charge in [0.05, 0.1) is 0 Å². The van der Waals surface area contributed by atoms with Crippen molar-refractivity contribution in [2.45, 2.75) is 26.3 Å². The van der Waals surface area contributed by atoms with Crippen LogP contribution in [0.5, 0.6) is 5.75 Å². The van der Waals surface area contributed by atoms with E-state index in [0.29, 0.717) is 24.2 Å². The molecule has 0 saturated heterocycles. The summed E-state index contributed by atoms with van der Waals surface area (Å²) in [7, 11) is 0. The quantitative estimate of drug-likeness (QED) is 0.641. The van der Waals surface area contributed by atoms with E-state index < -0.39 is 6.36 Å². The van der Waals surface area contributed by atoms with Gasteiger partial charge >= 0.3 is 6.36 Å². The van der Waals surface area contributed by atoms with Crippen molar-refractivity contribution >= 4 is 11.6 Å². The topological polar surface area (TPSA) is 55.6 Å². The first-order valence-electron chi connectivity index (χ1n) is 8.56. The van der Waals surface area contributed by atoms with Crippen LogP contribution in [0.15, 0.2) is 55.4 Å². The van der Waals surface area contributed by atoms with Crippen LogP contribution in [-0.4, -0.2) is 21.7 Å². The summed E-state index contributed by atoms with van der Waals surface area (Å²) in [5, 5.41) is 2.76. The lowest BCUT2D eigenvalue weighted by molar-refractivity contribution is -0.274. The molecule has 0 atom stereocenters. The van der Waals surface area contributed by atoms with E-state index in [1.165, 1.54) is 18.2 Å². The van der Waals surface area contributed by atoms with Crippen LogP contribution in [0.2, 0.25) is 0 Å². The average molecular weight is 389 g/mol. The van der Waals surface area contributed by atoms with Crippen LogP contribution in [-0.2, 0) is 17.8 Å². The number of fused-ring (bicyclic) bond motifs is 1. The smallest absolute Gasteiger partial charge is 0.406 e. The van der Waals surface area contributed by atoms with Gasteiger partial charge in [-0.05, 0) is 41.8 Å². The SMILES string of the molecule is C=CC(=O)NCc1cc(-c2ccc(OC(F)(F)F)cc2)c2nccn2c1CC. The Kier molecular flexibility index (Phi) is 5.39. The minimum absolute atomic E-state index is 0.289. The summed E-state index contributed by atoms with van der Waals surface area (Å²) >= 11 is 0. The number of alkyl halides is 3. The average Bonchev–Trinajstić information content (AvgIpc) is 3.14. The molecule has 0 saturated carbocycles. The molecular formula is C20H18F3N3O2. The number of amides is 1. The summed E-state index contributed by atoms with van der Waals surface area (Å²) in [5.74, 6) is -0.581. The second-order valence-corrected chi connectivity index (χ2v) is 6.00. The molecule has 0 radical (unpaired) electrons. The van der Waals surface area contributed by atoms with E-state index in [-0.39, 0.29) is 11.7 Å². The summed E-state index contributed by atoms with van der Waals surface area (Å²) in [5.41, 5.74) is 3.97. The number of imidazole rings is 1. The van der Waals surface area contributed by atoms with Crippen LogP contribution >= 0.6 is 0 Å². The molecule has 0 aliphatic rings. The Labute approximate surface area is 159 Å². The molecule has 3 rings (SSSR count). The standard InChI is InChI=1S/C20H18F3N3O2/c1-3-17-14(12-25-18(27)4-2)11-16(19-24-9-10-26(17)19)13-5-7-15(8-6-13)28-20(21,22)23/h4-11H,2-3,12H2,1H3,(H,25,27). The third-order valence-corrected chi connectivity index (χ3v) is 4.23. The lowest BCUT2D eigenvalue weighted by Gasteiger charge is -2.15. The minimum atomic E-state index is -4.74. The summed E-state index contributed by atoms with van der Waals surface area (Å²) in [6.45, 7) is 5.73. The molecule has 2 aromatic heterocycles. The van der Waals surface area contributed by atoms with Crippen molar-refractivity contribution < 1.29 is 22.7 Å². The van der Waals surface area contributed by atoms with E-state index >= 15 is 0 Å². The largest absolute Gasteiger partial charge is 0.573 e. The molecule has 0 unspecified atom stereocenters. The Morgan fingerprint density at radius 1 is 1.32 bits per heavy atom. The fraction of sp³-hybridized carbons (Fsp3) is 0.200. The number of carbonyl (C=O) groups excluding carboxylic acids is 1. The van der Waals surface area contributed by atoms with Gasteiger partial charge < -0.3 is 14.5 Å². The zero-order valence-electron chi connectivity index (χ0n) is 15.1. The minimum Gasteiger partial charge on any atom is -0.406 e. The maximum atomic E-state index is 12.4. The highest BCUT2D eigenvalue weighted by molar-refractivity contribution is 5.87. The monoisotopic (exact) mass is 389 g/mol. The number of ether oxygens (including phenoxy) is 1. The molecule has 3 aromatic rings. The first-order valence-corrected chi connectivity index (χ1v) is 8.56. The van der Waals surface area contributed by atoms with Gasteiger partial charge in [0.15, 0.2) is 0 Å². The van der Waals surface area contributed by atoms with Crippen molar-refractivity contribution in [3.63, 3.8) is 0 Å². The second kappa shape index (κ2) is 7.75. The predicted octanol–water partition coefficient (Wildman–Crippen LogP) is 4.26. The van der Waals surface area contributed by atoms with E-state index in [9.17, 15) is 18.0 Å². The van der Waals surface area contributed by atoms with Gasteiger partial charge in [-0.2, -0.15) is 0 Å². The Balaban J connectivity index is 2.04. The molecule has 1 amide bonds. The van der Waals surface area contributed by atoms with Crippen molar-refractivity contribution in [3.05, 3.63) is 66.6 Å². The number of benzene rings is 1. The number of pyridine rings is 1. The van der Waals surface area contributed by atoms with Gasteiger partial charge in [-0.1, -0.05) is 25.6 Å². The first-order chi connectivity index (χ1) is 13.3. The van der Waals surface area contributed by atoms with E-state index in [1.807, 2.05) is 23.6 Å². The fourth-order valence-electron chi connectivity index (χ4n) is 3.05. The molecule has 0 fully saturated rings. The molecule has 0 bridgehead atoms. The van der Waals surface area contributed by atoms with Gasteiger partial charge in [-0.3, -0.25) is 4.79 Å². The van der Waals surface area contributed by atoms with E-state index in [0.717, 1.165) is 16.8 Å². The maximum absolute atomic E-state index is 12.4. The summed E-state index contributed by atoms with van der Waals surface area (Å²) in [6, 6.07) is 7.50. The van der Waals surface area contributed by atoms with Crippen LogP contribution < -0.4 is 10.1 Å². The number of nitrogens with one attached hydrogen (secondary N) is 1. The van der Waals surface area contributed by atoms with Crippen molar-refractivity contribution in [2.24, 2.45) is 0 Å². The van der Waals surface area contributed by atoms with Crippen molar-refractivity contribution in [2.75, 3.05) is 0 Å². The second-order valence-electron chi connectivity index (χ2n) is 6.00. The van der Waals surface area contributed by atoms with Crippen LogP contribution in [0.3, 0.4) is 0 Å². The molecule has 0 aliphatic heterocycles. The van der Waals surface area contributed by atoms with Crippen molar-refractivity contribution in [3.8, 4) is 16.9 Å². The summed E-state index contributed by atoms with van der Waals surface area (Å²) < 4.78 is 43.0. The number of halogens is 3. The number of carbonyl (C=O) groups is 1. The van der Waals surface area contributed by atoms with Crippen LogP contribution in [0, 0.1) is 0 Å². The number of hydrogen-bond acceptors (Lipinski definition) is 3. The summed E-state index contributed by atoms with van der Waals surface area (Å²) in [6.07, 6.45) is 0.645. The number of aromatic nitrogens is 2. The van der Waals surface area contributed by atoms with Crippen molar-refractivity contribution in [1.82, 2.24) is 14.7 Å². The number of aryl methyl sites for hydroxylation is 1. The molecule has 146 valence electrons. The van der Waals surface area contributed by atoms with Gasteiger partial charge in [-0.15, -0.1) is 13.2 Å². The van der Waals surface area contributed by atoms with E-state index in [2.05, 4.69) is 21.6 Å². The summed E-state index contributed by atoms with van der Waals surface area (Å²) in [4.78, 5) is 15.9. The molecule has 1 aromatic carbocycles. The van der Waals surface area contributed by atoms with Crippen LogP contribution in [0.25, 0.3) is 16.8 Å². The highest BCUT2D eigenvalue weighted by Crippen LogP contribution is 2.30. The maximum Gasteiger partial charge on any atom is 0.573 e. The number of hydrogen-bond donors (Lipinski definition) is 1. The fourth-order valence-corrected chi connectivity index (χ4v) is 3.05. The zero-order chi connectivity index (χ0) is 20.3. The molecule has 8 heteroatoms. The Hall–Kier alpha value is -3.29. The first kappa shape index (κ1) is 19.5. The lowest BCUT2D eigenvalue weighted by Crippen LogP contribution is -2.21. The highest BCUT2D eigenvalue weighted by Gasteiger charge is 2.31. The molecule has 1 N–H and O–H groups in total. The molecule has 2 heterocycles. The molecule has 0 aliphatic carbocycles. The van der Waals surface area contributed by atoms with E-state index in [4.69, 9.17) is 0 Å². The highest BCUT2D eigenvalue weighted by atomic mass is 19.4. The van der Waals surface area contributed by atoms with Crippen molar-refractivity contribution in [1.29, 1.82) is 0 Å². The van der Waals surface area contributed by atoms with Gasteiger partial charge in [0.1, 0.15) is 11.4 Å². The number of rotatable bonds is 6. The van der Waals surface area contributed by atoms with Gasteiger partial charge in [0.25, 0.3) is 0 Å². The lowest BCUT2D eigenvalue weighted by atomic mass is 10.0. The number of nitrogens with zero attached hydrogens (tertiary/aromatic N) is 2. The normalized spacial score (nSPS) is 11.4. The van der Waals surface area contributed by atoms with E-state index in [1.54, 1.807) is 18.3 Å². The Morgan fingerprint density at radius 2 is 2.04 bits per heavy atom. The van der Waals surface area contributed by atoms with Gasteiger partial charge in [0, 0.05) is 30.2 Å². The molecule has 5 nitrogen and oxygen atoms in total. The van der Waals surface area contributed by atoms with Crippen LogP contribution in [0.4, 0.5) is 13.2 Å². The molecular weight excluding hydrogens is 371 g/mol. The third-order valence-electron chi connectivity index (χ3n) is 4.23. The third kappa shape index (κ3) is 4.16. The zero-order valence-corrected chi connectivity index (χ0v) is 15.1. The molecule has 0 spiro atoms. The Morgan fingerprint density at radius 3 is 2.64 bits per heavy atom.